The number of allylic oxidation sites excluding steroid dienone is 2. The van der Waals surface area contributed by atoms with E-state index < -0.39 is 0 Å². The molecular formula is C6H11N. The van der Waals surface area contributed by atoms with Gasteiger partial charge in [-0.25, -0.2) is 0 Å². The van der Waals surface area contributed by atoms with Crippen LogP contribution in [0.5, 0.6) is 0 Å². The maximum absolute atomic E-state index is 3.76. The third-order valence-corrected chi connectivity index (χ3v) is 0.607. The molecule has 0 aromatic heterocycles. The first-order valence-corrected chi connectivity index (χ1v) is 2.49. The zero-order valence-electron chi connectivity index (χ0n) is 4.89. The van der Waals surface area contributed by atoms with Crippen LogP contribution < -0.4 is 0 Å². The molecule has 0 unspecified atom stereocenters. The fourth-order valence-electron chi connectivity index (χ4n) is 0.283. The number of rotatable bonds is 2. The molecule has 0 aliphatic rings. The second-order valence-electron chi connectivity index (χ2n) is 1.24. The minimum atomic E-state index is 1.09. The third kappa shape index (κ3) is 5.41. The molecule has 0 atom stereocenters. The van der Waals surface area contributed by atoms with Crippen molar-refractivity contribution < 1.29 is 0 Å². The number of hydrogen-bond acceptors (Lipinski definition) is 1. The van der Waals surface area contributed by atoms with E-state index in [-0.39, 0.29) is 0 Å². The highest BCUT2D eigenvalue weighted by Gasteiger charge is 1.58. The van der Waals surface area contributed by atoms with E-state index >= 15 is 0 Å². The van der Waals surface area contributed by atoms with Crippen molar-refractivity contribution in [3.63, 3.8) is 0 Å². The monoisotopic (exact) mass is 97.1 g/mol. The molecule has 0 saturated carbocycles. The van der Waals surface area contributed by atoms with Gasteiger partial charge in [-0.05, 0) is 12.5 Å². The van der Waals surface area contributed by atoms with Gasteiger partial charge in [-0.1, -0.05) is 13.0 Å². The molecule has 0 aromatic carbocycles. The van der Waals surface area contributed by atoms with E-state index in [1.54, 1.807) is 13.3 Å². The van der Waals surface area contributed by atoms with Gasteiger partial charge in [0.05, 0.1) is 0 Å². The van der Waals surface area contributed by atoms with Gasteiger partial charge in [0, 0.05) is 13.3 Å². The lowest BCUT2D eigenvalue weighted by Gasteiger charge is -1.70. The number of hydrogen-bond donors (Lipinski definition) is 0. The Kier molecular flexibility index (Phi) is 4.95. The molecule has 0 aromatic rings. The van der Waals surface area contributed by atoms with Crippen LogP contribution in [0.1, 0.15) is 13.3 Å². The highest BCUT2D eigenvalue weighted by atomic mass is 14.6. The van der Waals surface area contributed by atoms with Crippen molar-refractivity contribution in [3.05, 3.63) is 12.2 Å². The van der Waals surface area contributed by atoms with E-state index in [1.807, 2.05) is 6.08 Å². The Labute approximate surface area is 44.8 Å². The van der Waals surface area contributed by atoms with Crippen molar-refractivity contribution in [1.29, 1.82) is 0 Å². The average Bonchev–Trinajstić information content (AvgIpc) is 1.69. The molecule has 0 aliphatic carbocycles. The van der Waals surface area contributed by atoms with E-state index in [0.717, 1.165) is 6.42 Å². The smallest absolute Gasteiger partial charge is 0.0277 e. The first-order chi connectivity index (χ1) is 3.41. The van der Waals surface area contributed by atoms with Crippen molar-refractivity contribution in [3.8, 4) is 0 Å². The van der Waals surface area contributed by atoms with Crippen LogP contribution >= 0.6 is 0 Å². The zero-order valence-corrected chi connectivity index (χ0v) is 4.89. The van der Waals surface area contributed by atoms with Crippen LogP contribution in [0.15, 0.2) is 17.1 Å². The Morgan fingerprint density at radius 1 is 1.57 bits per heavy atom. The Hall–Kier alpha value is -0.590. The highest BCUT2D eigenvalue weighted by molar-refractivity contribution is 5.70. The van der Waals surface area contributed by atoms with Gasteiger partial charge in [-0.2, -0.15) is 0 Å². The van der Waals surface area contributed by atoms with Crippen LogP contribution in [0, 0.1) is 0 Å². The van der Waals surface area contributed by atoms with E-state index in [1.165, 1.54) is 0 Å². The maximum atomic E-state index is 3.76. The normalized spacial score (nSPS) is 11.7. The van der Waals surface area contributed by atoms with Crippen LogP contribution in [0.25, 0.3) is 0 Å². The van der Waals surface area contributed by atoms with E-state index in [9.17, 15) is 0 Å². The van der Waals surface area contributed by atoms with E-state index in [2.05, 4.69) is 18.0 Å². The molecule has 7 heavy (non-hydrogen) atoms. The predicted octanol–water partition coefficient (Wildman–Crippen LogP) is 1.65. The number of nitrogens with zero attached hydrogens (tertiary/aromatic N) is 1. The van der Waals surface area contributed by atoms with Gasteiger partial charge < -0.3 is 0 Å². The molecule has 0 bridgehead atoms. The molecule has 0 amide bonds. The molecule has 0 heterocycles. The van der Waals surface area contributed by atoms with Crippen molar-refractivity contribution >= 4 is 6.21 Å². The first kappa shape index (κ1) is 6.41. The summed E-state index contributed by atoms with van der Waals surface area (Å²) in [5.41, 5.74) is 0. The largest absolute Gasteiger partial charge is 0.297 e. The second-order valence-corrected chi connectivity index (χ2v) is 1.24. The van der Waals surface area contributed by atoms with Gasteiger partial charge in [-0.3, -0.25) is 4.99 Å². The molecule has 40 valence electrons. The summed E-state index contributed by atoms with van der Waals surface area (Å²) in [6.45, 7) is 2.10. The summed E-state index contributed by atoms with van der Waals surface area (Å²) >= 11 is 0. The second kappa shape index (κ2) is 5.41. The molecule has 0 spiro atoms. The lowest BCUT2D eigenvalue weighted by Crippen LogP contribution is -1.59. The van der Waals surface area contributed by atoms with E-state index in [0.29, 0.717) is 0 Å². The van der Waals surface area contributed by atoms with Gasteiger partial charge in [0.1, 0.15) is 0 Å². The standard InChI is InChI=1S/C6H11N/c1-3-4-5-6-7-2/h4-6H,3H2,1-2H3/b5-4-,7-6-. The average molecular weight is 97.2 g/mol. The van der Waals surface area contributed by atoms with Crippen LogP contribution in [0.3, 0.4) is 0 Å². The number of aliphatic imine (C=N–C) groups is 1. The molecule has 0 N–H and O–H groups in total. The van der Waals surface area contributed by atoms with Gasteiger partial charge in [0.15, 0.2) is 0 Å². The van der Waals surface area contributed by atoms with Gasteiger partial charge >= 0.3 is 0 Å². The van der Waals surface area contributed by atoms with E-state index in [4.69, 9.17) is 0 Å². The van der Waals surface area contributed by atoms with Crippen LogP contribution in [-0.2, 0) is 0 Å². The van der Waals surface area contributed by atoms with Gasteiger partial charge in [-0.15, -0.1) is 0 Å². The van der Waals surface area contributed by atoms with Crippen LogP contribution in [-0.4, -0.2) is 13.3 Å². The van der Waals surface area contributed by atoms with Crippen molar-refractivity contribution in [1.82, 2.24) is 0 Å². The van der Waals surface area contributed by atoms with Crippen LogP contribution in [0.4, 0.5) is 0 Å². The Bertz CT molecular complexity index is 72.2. The van der Waals surface area contributed by atoms with Gasteiger partial charge in [0.25, 0.3) is 0 Å². The van der Waals surface area contributed by atoms with Gasteiger partial charge in [0.2, 0.25) is 0 Å². The summed E-state index contributed by atoms with van der Waals surface area (Å²) in [6.07, 6.45) is 6.88. The topological polar surface area (TPSA) is 12.4 Å². The fraction of sp³-hybridized carbons (Fsp3) is 0.500. The summed E-state index contributed by atoms with van der Waals surface area (Å²) < 4.78 is 0. The Balaban J connectivity index is 3.09. The molecule has 0 aliphatic heterocycles. The molecule has 0 rings (SSSR count). The molecule has 0 radical (unpaired) electrons. The SMILES string of the molecule is CC/C=C\C=N/C. The minimum absolute atomic E-state index is 1.09. The lowest BCUT2D eigenvalue weighted by molar-refractivity contribution is 1.23. The minimum Gasteiger partial charge on any atom is -0.297 e. The summed E-state index contributed by atoms with van der Waals surface area (Å²) in [5.74, 6) is 0. The zero-order chi connectivity index (χ0) is 5.54. The van der Waals surface area contributed by atoms with Crippen molar-refractivity contribution in [2.75, 3.05) is 7.05 Å². The molecular weight excluding hydrogens is 86.1 g/mol. The Morgan fingerprint density at radius 2 is 2.29 bits per heavy atom. The van der Waals surface area contributed by atoms with Crippen molar-refractivity contribution in [2.45, 2.75) is 13.3 Å². The summed E-state index contributed by atoms with van der Waals surface area (Å²) in [6, 6.07) is 0. The molecule has 0 fully saturated rings. The lowest BCUT2D eigenvalue weighted by atomic mass is 10.4. The summed E-state index contributed by atoms with van der Waals surface area (Å²) in [4.78, 5) is 3.76. The fourth-order valence-corrected chi connectivity index (χ4v) is 0.283. The third-order valence-electron chi connectivity index (χ3n) is 0.607. The first-order valence-electron chi connectivity index (χ1n) is 2.49. The molecule has 1 nitrogen and oxygen atoms in total. The Morgan fingerprint density at radius 3 is 2.71 bits per heavy atom. The summed E-state index contributed by atoms with van der Waals surface area (Å²) in [5, 5.41) is 0. The molecule has 0 saturated heterocycles. The highest BCUT2D eigenvalue weighted by Crippen LogP contribution is 1.74. The van der Waals surface area contributed by atoms with Crippen LogP contribution in [0.2, 0.25) is 0 Å². The predicted molar refractivity (Wildman–Crippen MR) is 33.8 cm³/mol. The van der Waals surface area contributed by atoms with Crippen molar-refractivity contribution in [2.24, 2.45) is 4.99 Å². The maximum Gasteiger partial charge on any atom is 0.0277 e. The quantitative estimate of drug-likeness (QED) is 0.464. The molecule has 1 heteroatoms. The summed E-state index contributed by atoms with van der Waals surface area (Å²) in [7, 11) is 1.76.